The number of fused-ring (bicyclic) bond motifs is 1. The molecule has 2 aliphatic rings. The van der Waals surface area contributed by atoms with E-state index in [2.05, 4.69) is 46.8 Å². The van der Waals surface area contributed by atoms with E-state index in [9.17, 15) is 0 Å². The standard InChI is InChI=1S/C16H25N3S/c1-18-10-11-19(2)16-12-14(8-9-15(16)18)20-17-13-6-4-3-5-7-13/h8-9,12-13,17H,3-7,10-11H2,1-2H3. The van der Waals surface area contributed by atoms with Crippen LogP contribution in [0.2, 0.25) is 0 Å². The fraction of sp³-hybridized carbons (Fsp3) is 0.625. The second kappa shape index (κ2) is 6.27. The maximum Gasteiger partial charge on any atom is 0.0613 e. The lowest BCUT2D eigenvalue weighted by Gasteiger charge is -2.35. The molecule has 3 rings (SSSR count). The van der Waals surface area contributed by atoms with Crippen LogP contribution in [-0.4, -0.2) is 33.2 Å². The summed E-state index contributed by atoms with van der Waals surface area (Å²) in [7, 11) is 4.37. The molecule has 0 atom stereocenters. The van der Waals surface area contributed by atoms with E-state index in [0.29, 0.717) is 6.04 Å². The van der Waals surface area contributed by atoms with Gasteiger partial charge in [-0.2, -0.15) is 0 Å². The lowest BCUT2D eigenvalue weighted by molar-refractivity contribution is 0.423. The van der Waals surface area contributed by atoms with Crippen LogP contribution >= 0.6 is 11.9 Å². The average Bonchev–Trinajstić information content (AvgIpc) is 2.50. The summed E-state index contributed by atoms with van der Waals surface area (Å²) in [6, 6.07) is 7.53. The number of rotatable bonds is 3. The average molecular weight is 291 g/mol. The van der Waals surface area contributed by atoms with Crippen molar-refractivity contribution in [3.8, 4) is 0 Å². The highest BCUT2D eigenvalue weighted by molar-refractivity contribution is 7.97. The van der Waals surface area contributed by atoms with Gasteiger partial charge < -0.3 is 9.80 Å². The summed E-state index contributed by atoms with van der Waals surface area (Å²) in [5, 5.41) is 0. The van der Waals surface area contributed by atoms with Gasteiger partial charge in [0.25, 0.3) is 0 Å². The van der Waals surface area contributed by atoms with Gasteiger partial charge in [-0.25, -0.2) is 0 Å². The summed E-state index contributed by atoms with van der Waals surface area (Å²) in [5.41, 5.74) is 2.70. The van der Waals surface area contributed by atoms with Crippen molar-refractivity contribution in [1.82, 2.24) is 4.72 Å². The summed E-state index contributed by atoms with van der Waals surface area (Å²) < 4.78 is 3.66. The van der Waals surface area contributed by atoms with Crippen LogP contribution in [0.15, 0.2) is 23.1 Å². The van der Waals surface area contributed by atoms with Crippen LogP contribution in [-0.2, 0) is 0 Å². The molecule has 20 heavy (non-hydrogen) atoms. The first-order valence-corrected chi connectivity index (χ1v) is 8.54. The first-order valence-electron chi connectivity index (χ1n) is 7.73. The Bertz CT molecular complexity index is 457. The molecule has 3 nitrogen and oxygen atoms in total. The van der Waals surface area contributed by atoms with Crippen LogP contribution < -0.4 is 14.5 Å². The van der Waals surface area contributed by atoms with Crippen LogP contribution in [0.4, 0.5) is 11.4 Å². The monoisotopic (exact) mass is 291 g/mol. The van der Waals surface area contributed by atoms with Crippen molar-refractivity contribution in [3.63, 3.8) is 0 Å². The maximum absolute atomic E-state index is 3.66. The van der Waals surface area contributed by atoms with E-state index in [-0.39, 0.29) is 0 Å². The molecule has 1 saturated carbocycles. The van der Waals surface area contributed by atoms with E-state index in [1.807, 2.05) is 11.9 Å². The number of anilines is 2. The third kappa shape index (κ3) is 3.07. The predicted molar refractivity (Wildman–Crippen MR) is 88.8 cm³/mol. The van der Waals surface area contributed by atoms with Crippen molar-refractivity contribution in [2.75, 3.05) is 37.0 Å². The van der Waals surface area contributed by atoms with E-state index >= 15 is 0 Å². The third-order valence-electron chi connectivity index (χ3n) is 4.49. The molecular formula is C16H25N3S. The number of hydrogen-bond donors (Lipinski definition) is 1. The fourth-order valence-corrected chi connectivity index (χ4v) is 3.95. The van der Waals surface area contributed by atoms with Crippen molar-refractivity contribution in [1.29, 1.82) is 0 Å². The Hall–Kier alpha value is -0.870. The fourth-order valence-electron chi connectivity index (χ4n) is 3.11. The van der Waals surface area contributed by atoms with Gasteiger partial charge in [0.2, 0.25) is 0 Å². The summed E-state index contributed by atoms with van der Waals surface area (Å²) in [6.07, 6.45) is 6.85. The van der Waals surface area contributed by atoms with Gasteiger partial charge in [-0.05, 0) is 43.0 Å². The molecule has 1 aromatic rings. The van der Waals surface area contributed by atoms with Crippen LogP contribution in [0, 0.1) is 0 Å². The molecule has 0 unspecified atom stereocenters. The van der Waals surface area contributed by atoms with Crippen molar-refractivity contribution in [2.24, 2.45) is 0 Å². The SMILES string of the molecule is CN1CCN(C)c2cc(SNC3CCCCC3)ccc21. The van der Waals surface area contributed by atoms with Crippen LogP contribution in [0.3, 0.4) is 0 Å². The van der Waals surface area contributed by atoms with E-state index in [1.54, 1.807) is 0 Å². The first kappa shape index (κ1) is 14.1. The smallest absolute Gasteiger partial charge is 0.0613 e. The highest BCUT2D eigenvalue weighted by Gasteiger charge is 2.18. The quantitative estimate of drug-likeness (QED) is 0.859. The maximum atomic E-state index is 3.66. The van der Waals surface area contributed by atoms with Crippen LogP contribution in [0.1, 0.15) is 32.1 Å². The minimum absolute atomic E-state index is 0.699. The molecule has 0 radical (unpaired) electrons. The highest BCUT2D eigenvalue weighted by Crippen LogP contribution is 2.34. The van der Waals surface area contributed by atoms with E-state index < -0.39 is 0 Å². The summed E-state index contributed by atoms with van der Waals surface area (Å²) in [5.74, 6) is 0. The van der Waals surface area contributed by atoms with E-state index in [0.717, 1.165) is 13.1 Å². The third-order valence-corrected chi connectivity index (χ3v) is 5.43. The Balaban J connectivity index is 1.67. The van der Waals surface area contributed by atoms with Gasteiger partial charge in [0.1, 0.15) is 0 Å². The molecule has 1 aromatic carbocycles. The summed E-state index contributed by atoms with van der Waals surface area (Å²) >= 11 is 1.81. The minimum Gasteiger partial charge on any atom is -0.371 e. The van der Waals surface area contributed by atoms with Crippen molar-refractivity contribution < 1.29 is 0 Å². The zero-order valence-corrected chi connectivity index (χ0v) is 13.4. The van der Waals surface area contributed by atoms with Gasteiger partial charge in [0.05, 0.1) is 11.4 Å². The highest BCUT2D eigenvalue weighted by atomic mass is 32.2. The van der Waals surface area contributed by atoms with Gasteiger partial charge in [-0.1, -0.05) is 19.3 Å². The number of benzene rings is 1. The van der Waals surface area contributed by atoms with Crippen molar-refractivity contribution >= 4 is 23.3 Å². The Morgan fingerprint density at radius 1 is 1.00 bits per heavy atom. The normalized spacial score (nSPS) is 20.1. The molecule has 1 fully saturated rings. The molecule has 0 amide bonds. The van der Waals surface area contributed by atoms with E-state index in [1.165, 1.54) is 48.4 Å². The molecule has 1 aliphatic heterocycles. The van der Waals surface area contributed by atoms with Gasteiger partial charge >= 0.3 is 0 Å². The van der Waals surface area contributed by atoms with E-state index in [4.69, 9.17) is 0 Å². The van der Waals surface area contributed by atoms with Gasteiger partial charge in [-0.15, -0.1) is 0 Å². The summed E-state index contributed by atoms with van der Waals surface area (Å²) in [6.45, 7) is 2.21. The number of hydrogen-bond acceptors (Lipinski definition) is 4. The van der Waals surface area contributed by atoms with Crippen molar-refractivity contribution in [3.05, 3.63) is 18.2 Å². The minimum atomic E-state index is 0.699. The zero-order chi connectivity index (χ0) is 13.9. The Labute approximate surface area is 126 Å². The van der Waals surface area contributed by atoms with Crippen molar-refractivity contribution in [2.45, 2.75) is 43.0 Å². The Morgan fingerprint density at radius 3 is 2.45 bits per heavy atom. The molecule has 1 N–H and O–H groups in total. The van der Waals surface area contributed by atoms with Gasteiger partial charge in [0.15, 0.2) is 0 Å². The number of nitrogens with one attached hydrogen (secondary N) is 1. The molecule has 0 saturated heterocycles. The summed E-state index contributed by atoms with van der Waals surface area (Å²) in [4.78, 5) is 6.04. The Kier molecular flexibility index (Phi) is 4.41. The lowest BCUT2D eigenvalue weighted by atomic mass is 9.96. The Morgan fingerprint density at radius 2 is 1.70 bits per heavy atom. The number of likely N-dealkylation sites (N-methyl/N-ethyl adjacent to an activating group) is 2. The molecule has 110 valence electrons. The molecule has 1 aliphatic carbocycles. The number of nitrogens with zero attached hydrogens (tertiary/aromatic N) is 2. The van der Waals surface area contributed by atoms with Gasteiger partial charge in [0, 0.05) is 38.1 Å². The first-order chi connectivity index (χ1) is 9.74. The van der Waals surface area contributed by atoms with Crippen LogP contribution in [0.5, 0.6) is 0 Å². The molecule has 4 heteroatoms. The van der Waals surface area contributed by atoms with Crippen LogP contribution in [0.25, 0.3) is 0 Å². The zero-order valence-electron chi connectivity index (χ0n) is 12.6. The second-order valence-electron chi connectivity index (χ2n) is 6.05. The topological polar surface area (TPSA) is 18.5 Å². The molecular weight excluding hydrogens is 266 g/mol. The lowest BCUT2D eigenvalue weighted by Crippen LogP contribution is -2.36. The predicted octanol–water partition coefficient (Wildman–Crippen LogP) is 3.50. The molecule has 0 aromatic heterocycles. The molecule has 1 heterocycles. The van der Waals surface area contributed by atoms with Gasteiger partial charge in [-0.3, -0.25) is 4.72 Å². The molecule has 0 bridgehead atoms. The molecule has 0 spiro atoms. The second-order valence-corrected chi connectivity index (χ2v) is 6.96. The largest absolute Gasteiger partial charge is 0.371 e.